The number of hydrogen-bond donors (Lipinski definition) is 1. The zero-order valence-electron chi connectivity index (χ0n) is 16.4. The molecule has 4 rings (SSSR count). The lowest BCUT2D eigenvalue weighted by Gasteiger charge is -2.18. The summed E-state index contributed by atoms with van der Waals surface area (Å²) < 4.78 is 12.8. The summed E-state index contributed by atoms with van der Waals surface area (Å²) in [5.41, 5.74) is 1.78. The van der Waals surface area contributed by atoms with E-state index in [1.807, 2.05) is 36.1 Å². The van der Waals surface area contributed by atoms with Crippen LogP contribution in [0.3, 0.4) is 0 Å². The SMILES string of the molecule is CCO[C@@H]1COC[C@H]1n1cc(C(=O)Nc2ccccc2CN2CCCC2=O)nn1. The molecule has 1 aromatic heterocycles. The molecular formula is C20H25N5O4. The number of likely N-dealkylation sites (tertiary alicyclic amines) is 1. The van der Waals surface area contributed by atoms with E-state index in [2.05, 4.69) is 15.6 Å². The van der Waals surface area contributed by atoms with Crippen LogP contribution in [0.15, 0.2) is 30.5 Å². The molecule has 154 valence electrons. The zero-order valence-corrected chi connectivity index (χ0v) is 16.4. The highest BCUT2D eigenvalue weighted by Gasteiger charge is 2.32. The van der Waals surface area contributed by atoms with E-state index in [4.69, 9.17) is 9.47 Å². The van der Waals surface area contributed by atoms with Crippen molar-refractivity contribution in [3.8, 4) is 0 Å². The Bertz CT molecular complexity index is 883. The minimum atomic E-state index is -0.344. The van der Waals surface area contributed by atoms with Crippen molar-refractivity contribution in [2.24, 2.45) is 0 Å². The number of rotatable bonds is 7. The number of carbonyl (C=O) groups is 2. The van der Waals surface area contributed by atoms with Gasteiger partial charge in [-0.15, -0.1) is 5.10 Å². The van der Waals surface area contributed by atoms with E-state index in [9.17, 15) is 9.59 Å². The molecular weight excluding hydrogens is 374 g/mol. The van der Waals surface area contributed by atoms with Crippen LogP contribution < -0.4 is 5.32 Å². The highest BCUT2D eigenvalue weighted by Crippen LogP contribution is 2.23. The van der Waals surface area contributed by atoms with Gasteiger partial charge in [0.25, 0.3) is 5.91 Å². The zero-order chi connectivity index (χ0) is 20.2. The first-order valence-electron chi connectivity index (χ1n) is 9.94. The number of anilines is 1. The molecule has 2 saturated heterocycles. The number of ether oxygens (including phenoxy) is 2. The lowest BCUT2D eigenvalue weighted by atomic mass is 10.1. The van der Waals surface area contributed by atoms with Gasteiger partial charge in [0.15, 0.2) is 5.69 Å². The first-order valence-corrected chi connectivity index (χ1v) is 9.94. The van der Waals surface area contributed by atoms with E-state index >= 15 is 0 Å². The number of benzene rings is 1. The van der Waals surface area contributed by atoms with Gasteiger partial charge in [-0.05, 0) is 25.0 Å². The van der Waals surface area contributed by atoms with E-state index < -0.39 is 0 Å². The third kappa shape index (κ3) is 4.30. The fraction of sp³-hybridized carbons (Fsp3) is 0.500. The Hall–Kier alpha value is -2.78. The summed E-state index contributed by atoms with van der Waals surface area (Å²) in [6, 6.07) is 7.40. The molecule has 29 heavy (non-hydrogen) atoms. The molecule has 2 aliphatic heterocycles. The standard InChI is InChI=1S/C20H25N5O4/c1-2-29-18-13-28-12-17(18)25-11-16(22-23-25)20(27)21-15-7-4-3-6-14(15)10-24-9-5-8-19(24)26/h3-4,6-7,11,17-18H,2,5,8-10,12-13H2,1H3,(H,21,27)/t17-,18-/m1/s1. The molecule has 2 aliphatic rings. The van der Waals surface area contributed by atoms with Gasteiger partial charge in [-0.1, -0.05) is 23.4 Å². The Kier molecular flexibility index (Phi) is 5.86. The molecule has 2 aromatic rings. The topological polar surface area (TPSA) is 98.6 Å². The maximum Gasteiger partial charge on any atom is 0.277 e. The Morgan fingerprint density at radius 1 is 1.34 bits per heavy atom. The molecule has 0 saturated carbocycles. The van der Waals surface area contributed by atoms with Crippen molar-refractivity contribution in [1.29, 1.82) is 0 Å². The Labute approximate surface area is 169 Å². The van der Waals surface area contributed by atoms with Crippen LogP contribution >= 0.6 is 0 Å². The number of para-hydroxylation sites is 1. The molecule has 2 fully saturated rings. The second-order valence-corrected chi connectivity index (χ2v) is 7.21. The number of amides is 2. The first kappa shape index (κ1) is 19.5. The van der Waals surface area contributed by atoms with Gasteiger partial charge in [0, 0.05) is 31.8 Å². The van der Waals surface area contributed by atoms with Gasteiger partial charge in [0.1, 0.15) is 12.1 Å². The molecule has 2 atom stereocenters. The summed E-state index contributed by atoms with van der Waals surface area (Å²) in [4.78, 5) is 26.5. The van der Waals surface area contributed by atoms with Crippen LogP contribution in [0.25, 0.3) is 0 Å². The van der Waals surface area contributed by atoms with E-state index in [1.165, 1.54) is 0 Å². The number of carbonyl (C=O) groups excluding carboxylic acids is 2. The van der Waals surface area contributed by atoms with Gasteiger partial charge in [-0.25, -0.2) is 4.68 Å². The fourth-order valence-electron chi connectivity index (χ4n) is 3.73. The number of nitrogens with one attached hydrogen (secondary N) is 1. The van der Waals surface area contributed by atoms with Gasteiger partial charge in [0.05, 0.1) is 19.4 Å². The normalized spacial score (nSPS) is 21.7. The fourth-order valence-corrected chi connectivity index (χ4v) is 3.73. The monoisotopic (exact) mass is 399 g/mol. The Morgan fingerprint density at radius 3 is 3.00 bits per heavy atom. The van der Waals surface area contributed by atoms with Gasteiger partial charge in [-0.2, -0.15) is 0 Å². The van der Waals surface area contributed by atoms with E-state index in [0.717, 1.165) is 18.5 Å². The average Bonchev–Trinajstić information content (AvgIpc) is 3.45. The summed E-state index contributed by atoms with van der Waals surface area (Å²) in [5.74, 6) is -0.194. The molecule has 3 heterocycles. The van der Waals surface area contributed by atoms with E-state index in [1.54, 1.807) is 10.9 Å². The molecule has 9 nitrogen and oxygen atoms in total. The molecule has 0 aliphatic carbocycles. The van der Waals surface area contributed by atoms with E-state index in [-0.39, 0.29) is 29.7 Å². The predicted molar refractivity (Wildman–Crippen MR) is 104 cm³/mol. The number of hydrogen-bond acceptors (Lipinski definition) is 6. The van der Waals surface area contributed by atoms with Crippen molar-refractivity contribution >= 4 is 17.5 Å². The minimum absolute atomic E-state index is 0.0996. The third-order valence-electron chi connectivity index (χ3n) is 5.26. The second kappa shape index (κ2) is 8.71. The molecule has 2 amide bonds. The maximum atomic E-state index is 12.7. The highest BCUT2D eigenvalue weighted by molar-refractivity contribution is 6.03. The summed E-state index contributed by atoms with van der Waals surface area (Å²) in [5, 5.41) is 11.0. The molecule has 0 unspecified atom stereocenters. The van der Waals surface area contributed by atoms with Crippen LogP contribution in [-0.2, 0) is 20.8 Å². The lowest BCUT2D eigenvalue weighted by Crippen LogP contribution is -2.26. The third-order valence-corrected chi connectivity index (χ3v) is 5.26. The van der Waals surface area contributed by atoms with Crippen LogP contribution in [0.5, 0.6) is 0 Å². The smallest absolute Gasteiger partial charge is 0.277 e. The van der Waals surface area contributed by atoms with Crippen molar-refractivity contribution in [2.45, 2.75) is 38.5 Å². The van der Waals surface area contributed by atoms with Crippen molar-refractivity contribution in [2.75, 3.05) is 31.7 Å². The van der Waals surface area contributed by atoms with Crippen molar-refractivity contribution in [1.82, 2.24) is 19.9 Å². The summed E-state index contributed by atoms with van der Waals surface area (Å²) in [7, 11) is 0. The second-order valence-electron chi connectivity index (χ2n) is 7.21. The number of nitrogens with zero attached hydrogens (tertiary/aromatic N) is 4. The molecule has 0 spiro atoms. The van der Waals surface area contributed by atoms with Crippen molar-refractivity contribution < 1.29 is 19.1 Å². The Morgan fingerprint density at radius 2 is 2.21 bits per heavy atom. The Balaban J connectivity index is 1.45. The minimum Gasteiger partial charge on any atom is -0.376 e. The molecule has 1 N–H and O–H groups in total. The van der Waals surface area contributed by atoms with Crippen molar-refractivity contribution in [3.05, 3.63) is 41.7 Å². The quantitative estimate of drug-likeness (QED) is 0.760. The summed E-state index contributed by atoms with van der Waals surface area (Å²) in [6.45, 7) is 4.73. The largest absolute Gasteiger partial charge is 0.376 e. The molecule has 0 radical (unpaired) electrons. The van der Waals surface area contributed by atoms with Gasteiger partial charge < -0.3 is 19.7 Å². The first-order chi connectivity index (χ1) is 14.2. The van der Waals surface area contributed by atoms with Gasteiger partial charge >= 0.3 is 0 Å². The lowest BCUT2D eigenvalue weighted by molar-refractivity contribution is -0.128. The average molecular weight is 399 g/mol. The van der Waals surface area contributed by atoms with Crippen molar-refractivity contribution in [3.63, 3.8) is 0 Å². The van der Waals surface area contributed by atoms with Crippen LogP contribution in [0.2, 0.25) is 0 Å². The molecule has 0 bridgehead atoms. The highest BCUT2D eigenvalue weighted by atomic mass is 16.5. The predicted octanol–water partition coefficient (Wildman–Crippen LogP) is 1.63. The maximum absolute atomic E-state index is 12.7. The van der Waals surface area contributed by atoms with Crippen LogP contribution in [0, 0.1) is 0 Å². The van der Waals surface area contributed by atoms with E-state index in [0.29, 0.717) is 38.5 Å². The van der Waals surface area contributed by atoms with Crippen LogP contribution in [-0.4, -0.2) is 64.2 Å². The summed E-state index contributed by atoms with van der Waals surface area (Å²) in [6.07, 6.45) is 2.99. The van der Waals surface area contributed by atoms with Gasteiger partial charge in [-0.3, -0.25) is 9.59 Å². The molecule has 9 heteroatoms. The molecule has 1 aromatic carbocycles. The van der Waals surface area contributed by atoms with Crippen LogP contribution in [0.4, 0.5) is 5.69 Å². The summed E-state index contributed by atoms with van der Waals surface area (Å²) >= 11 is 0. The van der Waals surface area contributed by atoms with Gasteiger partial charge in [0.2, 0.25) is 5.91 Å². The number of aromatic nitrogens is 3. The van der Waals surface area contributed by atoms with Crippen LogP contribution in [0.1, 0.15) is 41.9 Å².